The van der Waals surface area contributed by atoms with Gasteiger partial charge in [0.15, 0.2) is 22.9 Å². The van der Waals surface area contributed by atoms with Crippen molar-refractivity contribution in [1.29, 1.82) is 0 Å². The van der Waals surface area contributed by atoms with Gasteiger partial charge >= 0.3 is 0 Å². The Hall–Kier alpha value is -3.00. The number of nitrogens with two attached hydrogens (primary N) is 1. The van der Waals surface area contributed by atoms with E-state index < -0.39 is 5.09 Å². The molecule has 0 amide bonds. The first-order valence-electron chi connectivity index (χ1n) is 9.55. The number of fused-ring (bicyclic) bond motifs is 2. The summed E-state index contributed by atoms with van der Waals surface area (Å²) in [6.07, 6.45) is 0. The van der Waals surface area contributed by atoms with Gasteiger partial charge < -0.3 is 29.9 Å². The Bertz CT molecular complexity index is 741. The first-order chi connectivity index (χ1) is 13.4. The lowest BCUT2D eigenvalue weighted by Crippen LogP contribution is -2.72. The van der Waals surface area contributed by atoms with Gasteiger partial charge in [0.25, 0.3) is 0 Å². The summed E-state index contributed by atoms with van der Waals surface area (Å²) in [5, 5.41) is 17.0. The van der Waals surface area contributed by atoms with Crippen LogP contribution in [0.3, 0.4) is 0 Å². The summed E-state index contributed by atoms with van der Waals surface area (Å²) < 4.78 is 6.25. The number of anilines is 2. The molecule has 1 aliphatic heterocycles. The van der Waals surface area contributed by atoms with Gasteiger partial charge in [-0.25, -0.2) is 0 Å². The summed E-state index contributed by atoms with van der Waals surface area (Å²) in [5.74, 6) is 1.90. The zero-order valence-corrected chi connectivity index (χ0v) is 16.8. The monoisotopic (exact) mass is 388 g/mol. The van der Waals surface area contributed by atoms with Crippen LogP contribution in [-0.4, -0.2) is 31.3 Å². The van der Waals surface area contributed by atoms with Crippen molar-refractivity contribution in [3.63, 3.8) is 0 Å². The predicted molar refractivity (Wildman–Crippen MR) is 112 cm³/mol. The Morgan fingerprint density at radius 3 is 1.50 bits per heavy atom. The quantitative estimate of drug-likeness (QED) is 0.392. The van der Waals surface area contributed by atoms with Crippen molar-refractivity contribution in [3.05, 3.63) is 51.7 Å². The average Bonchev–Trinajstić information content (AvgIpc) is 2.67. The Kier molecular flexibility index (Phi) is 7.45. The van der Waals surface area contributed by atoms with E-state index in [1.807, 2.05) is 0 Å². The molecule has 0 unspecified atom stereocenters. The largest absolute Gasteiger partial charge is 0.445 e. The molecule has 0 bridgehead atoms. The highest BCUT2D eigenvalue weighted by molar-refractivity contribution is 5.67. The minimum Gasteiger partial charge on any atom is -0.445 e. The molecule has 0 aromatic heterocycles. The maximum atomic E-state index is 8.25. The molecule has 8 heteroatoms. The van der Waals surface area contributed by atoms with Crippen molar-refractivity contribution in [1.82, 2.24) is 0 Å². The maximum absolute atomic E-state index is 8.25. The number of quaternary nitrogens is 1. The third-order valence-corrected chi connectivity index (χ3v) is 4.78. The minimum absolute atomic E-state index is 0.948. The highest BCUT2D eigenvalue weighted by Gasteiger charge is 2.23. The van der Waals surface area contributed by atoms with Crippen molar-refractivity contribution >= 4 is 22.7 Å². The van der Waals surface area contributed by atoms with E-state index >= 15 is 0 Å². The fraction of sp³-hybridized carbons (Fsp3) is 0.400. The summed E-state index contributed by atoms with van der Waals surface area (Å²) >= 11 is 0. The fourth-order valence-electron chi connectivity index (χ4n) is 3.32. The molecule has 1 heterocycles. The lowest BCUT2D eigenvalue weighted by Gasteiger charge is -2.25. The molecule has 0 radical (unpaired) electrons. The third kappa shape index (κ3) is 5.04. The lowest BCUT2D eigenvalue weighted by molar-refractivity contribution is -0.483. The van der Waals surface area contributed by atoms with Gasteiger partial charge in [-0.3, -0.25) is 5.32 Å². The number of rotatable bonds is 6. The Morgan fingerprint density at radius 2 is 1.18 bits per heavy atom. The zero-order chi connectivity index (χ0) is 20.7. The summed E-state index contributed by atoms with van der Waals surface area (Å²) in [6, 6.07) is 13.0. The number of benzene rings is 2. The molecular weight excluding hydrogens is 360 g/mol. The molecule has 0 atom stereocenters. The van der Waals surface area contributed by atoms with Gasteiger partial charge in [0, 0.05) is 61.8 Å². The summed E-state index contributed by atoms with van der Waals surface area (Å²) in [7, 11) is 0. The van der Waals surface area contributed by atoms with Gasteiger partial charge in [-0.2, -0.15) is 0 Å². The molecule has 0 saturated heterocycles. The van der Waals surface area contributed by atoms with Crippen LogP contribution in [0, 0.1) is 15.3 Å². The highest BCUT2D eigenvalue weighted by Crippen LogP contribution is 2.39. The number of nitrogens with zero attached hydrogens (tertiary/aromatic N) is 3. The zero-order valence-electron chi connectivity index (χ0n) is 16.8. The van der Waals surface area contributed by atoms with Crippen molar-refractivity contribution in [2.75, 3.05) is 36.0 Å². The van der Waals surface area contributed by atoms with E-state index in [0.717, 1.165) is 49.1 Å². The second kappa shape index (κ2) is 9.80. The van der Waals surface area contributed by atoms with Gasteiger partial charge in [-0.05, 0) is 39.8 Å². The molecule has 3 rings (SSSR count). The van der Waals surface area contributed by atoms with E-state index in [9.17, 15) is 0 Å². The summed E-state index contributed by atoms with van der Waals surface area (Å²) in [4.78, 5) is 12.9. The topological polar surface area (TPSA) is 98.5 Å². The van der Waals surface area contributed by atoms with E-state index in [-0.39, 0.29) is 0 Å². The Morgan fingerprint density at radius 1 is 0.821 bits per heavy atom. The molecule has 0 aliphatic carbocycles. The van der Waals surface area contributed by atoms with Gasteiger partial charge in [0.05, 0.1) is 5.09 Å². The molecule has 0 fully saturated rings. The van der Waals surface area contributed by atoms with Gasteiger partial charge in [-0.1, -0.05) is 0 Å². The van der Waals surface area contributed by atoms with Crippen molar-refractivity contribution in [2.45, 2.75) is 27.7 Å². The number of hydrogen-bond donors (Lipinski definition) is 1. The molecule has 2 aromatic carbocycles. The number of ether oxygens (including phenoxy) is 1. The predicted octanol–water partition coefficient (Wildman–Crippen LogP) is 3.77. The van der Waals surface area contributed by atoms with E-state index in [0.29, 0.717) is 0 Å². The van der Waals surface area contributed by atoms with Crippen LogP contribution in [0.25, 0.3) is 0 Å². The average molecular weight is 388 g/mol. The van der Waals surface area contributed by atoms with Crippen LogP contribution in [0.15, 0.2) is 36.4 Å². The Labute approximate surface area is 165 Å². The van der Waals surface area contributed by atoms with E-state index in [1.165, 1.54) is 11.4 Å². The van der Waals surface area contributed by atoms with Gasteiger partial charge in [-0.15, -0.1) is 0 Å². The standard InChI is InChI=1S/C20H27N3O.NO3/c1-5-22(6-2)15-9-11-17-19(13-15)24-20-14-16(23(7-3)8-4)10-12-18(20)21-17;2-1(3)4/h9-14,21H,5-8H2,1-4H3;/q;-1/p+1. The SMILES string of the molecule is CCN(CC)c1ccc2c(c1)Oc1cc(N(CC)CC)ccc1[NH2+]2.O=[N+]([O-])[O-]. The van der Waals surface area contributed by atoms with Gasteiger partial charge in [0.1, 0.15) is 0 Å². The maximum Gasteiger partial charge on any atom is 0.190 e. The van der Waals surface area contributed by atoms with Crippen LogP contribution >= 0.6 is 0 Å². The molecule has 2 aromatic rings. The van der Waals surface area contributed by atoms with Crippen LogP contribution in [0.4, 0.5) is 22.7 Å². The molecule has 28 heavy (non-hydrogen) atoms. The molecule has 2 N–H and O–H groups in total. The number of hydrogen-bond acceptors (Lipinski definition) is 6. The highest BCUT2D eigenvalue weighted by atomic mass is 16.9. The first kappa shape index (κ1) is 21.3. The van der Waals surface area contributed by atoms with Crippen LogP contribution in [0.5, 0.6) is 11.5 Å². The molecule has 0 saturated carbocycles. The first-order valence-corrected chi connectivity index (χ1v) is 9.55. The van der Waals surface area contributed by atoms with Crippen LogP contribution in [0.2, 0.25) is 0 Å². The molecule has 8 nitrogen and oxygen atoms in total. The van der Waals surface area contributed by atoms with Crippen LogP contribution in [0.1, 0.15) is 27.7 Å². The van der Waals surface area contributed by atoms with Crippen LogP contribution < -0.4 is 19.9 Å². The minimum atomic E-state index is -1.75. The summed E-state index contributed by atoms with van der Waals surface area (Å²) in [5.41, 5.74) is 4.73. The third-order valence-electron chi connectivity index (χ3n) is 4.78. The summed E-state index contributed by atoms with van der Waals surface area (Å²) in [6.45, 7) is 12.7. The van der Waals surface area contributed by atoms with E-state index in [2.05, 4.69) is 79.2 Å². The normalized spacial score (nSPS) is 11.3. The molecular formula is C20H28N4O4. The fourth-order valence-corrected chi connectivity index (χ4v) is 3.32. The van der Waals surface area contributed by atoms with Crippen molar-refractivity contribution < 1.29 is 15.1 Å². The molecule has 152 valence electrons. The molecule has 1 aliphatic rings. The smallest absolute Gasteiger partial charge is 0.190 e. The van der Waals surface area contributed by atoms with Gasteiger partial charge in [0.2, 0.25) is 0 Å². The van der Waals surface area contributed by atoms with E-state index in [1.54, 1.807) is 0 Å². The lowest BCUT2D eigenvalue weighted by atomic mass is 10.1. The second-order valence-corrected chi connectivity index (χ2v) is 6.26. The second-order valence-electron chi connectivity index (χ2n) is 6.26. The van der Waals surface area contributed by atoms with Crippen molar-refractivity contribution in [3.8, 4) is 11.5 Å². The molecule has 0 spiro atoms. The van der Waals surface area contributed by atoms with E-state index in [4.69, 9.17) is 20.1 Å². The van der Waals surface area contributed by atoms with Crippen molar-refractivity contribution in [2.24, 2.45) is 0 Å². The van der Waals surface area contributed by atoms with Crippen LogP contribution in [-0.2, 0) is 0 Å². The Balaban J connectivity index is 0.000000640.